The van der Waals surface area contributed by atoms with E-state index in [4.69, 9.17) is 4.42 Å². The van der Waals surface area contributed by atoms with Gasteiger partial charge in [-0.05, 0) is 61.9 Å². The quantitative estimate of drug-likeness (QED) is 0.912. The lowest BCUT2D eigenvalue weighted by molar-refractivity contribution is -0.117. The summed E-state index contributed by atoms with van der Waals surface area (Å²) in [6.07, 6.45) is 5.81. The SMILES string of the molecule is CC(NC(=O)c1ccco1)C(=O)Nc1cccc2c1CCCC2. The molecule has 0 bridgehead atoms. The molecule has 1 aliphatic rings. The van der Waals surface area contributed by atoms with Crippen LogP contribution >= 0.6 is 0 Å². The van der Waals surface area contributed by atoms with Gasteiger partial charge < -0.3 is 15.1 Å². The Kier molecular flexibility index (Phi) is 4.46. The molecule has 5 heteroatoms. The van der Waals surface area contributed by atoms with Crippen LogP contribution in [0.15, 0.2) is 41.0 Å². The topological polar surface area (TPSA) is 71.3 Å². The Morgan fingerprint density at radius 3 is 2.74 bits per heavy atom. The van der Waals surface area contributed by atoms with Gasteiger partial charge in [-0.15, -0.1) is 0 Å². The average molecular weight is 312 g/mol. The van der Waals surface area contributed by atoms with Crippen LogP contribution in [0, 0.1) is 0 Å². The first kappa shape index (κ1) is 15.3. The molecule has 0 radical (unpaired) electrons. The first-order chi connectivity index (χ1) is 11.1. The first-order valence-electron chi connectivity index (χ1n) is 7.91. The minimum absolute atomic E-state index is 0.196. The van der Waals surface area contributed by atoms with Crippen molar-refractivity contribution in [3.8, 4) is 0 Å². The molecule has 2 N–H and O–H groups in total. The van der Waals surface area contributed by atoms with Crippen LogP contribution in [0.1, 0.15) is 41.4 Å². The summed E-state index contributed by atoms with van der Waals surface area (Å²) in [6, 6.07) is 8.55. The molecule has 23 heavy (non-hydrogen) atoms. The Labute approximate surface area is 135 Å². The number of carbonyl (C=O) groups excluding carboxylic acids is 2. The van der Waals surface area contributed by atoms with Gasteiger partial charge in [0.25, 0.3) is 5.91 Å². The van der Waals surface area contributed by atoms with E-state index in [1.807, 2.05) is 12.1 Å². The van der Waals surface area contributed by atoms with Gasteiger partial charge in [-0.3, -0.25) is 9.59 Å². The number of benzene rings is 1. The second kappa shape index (κ2) is 6.69. The Morgan fingerprint density at radius 2 is 1.96 bits per heavy atom. The highest BCUT2D eigenvalue weighted by atomic mass is 16.3. The van der Waals surface area contributed by atoms with E-state index >= 15 is 0 Å². The Balaban J connectivity index is 1.66. The van der Waals surface area contributed by atoms with Crippen molar-refractivity contribution in [2.24, 2.45) is 0 Å². The zero-order valence-electron chi connectivity index (χ0n) is 13.1. The molecule has 1 atom stereocenters. The molecule has 0 fully saturated rings. The van der Waals surface area contributed by atoms with E-state index in [-0.39, 0.29) is 11.7 Å². The number of carbonyl (C=O) groups is 2. The van der Waals surface area contributed by atoms with Gasteiger partial charge in [0, 0.05) is 5.69 Å². The van der Waals surface area contributed by atoms with Crippen LogP contribution in [0.3, 0.4) is 0 Å². The van der Waals surface area contributed by atoms with Gasteiger partial charge in [-0.1, -0.05) is 12.1 Å². The number of furan rings is 1. The molecule has 0 spiro atoms. The van der Waals surface area contributed by atoms with Gasteiger partial charge in [-0.25, -0.2) is 0 Å². The lowest BCUT2D eigenvalue weighted by Crippen LogP contribution is -2.41. The molecule has 2 aromatic rings. The summed E-state index contributed by atoms with van der Waals surface area (Å²) in [4.78, 5) is 24.3. The van der Waals surface area contributed by atoms with Crippen molar-refractivity contribution < 1.29 is 14.0 Å². The monoisotopic (exact) mass is 312 g/mol. The van der Waals surface area contributed by atoms with Crippen molar-refractivity contribution >= 4 is 17.5 Å². The molecule has 2 amide bonds. The maximum Gasteiger partial charge on any atom is 0.287 e. The third-order valence-corrected chi connectivity index (χ3v) is 4.14. The fourth-order valence-electron chi connectivity index (χ4n) is 2.88. The van der Waals surface area contributed by atoms with E-state index in [1.165, 1.54) is 23.8 Å². The number of aryl methyl sites for hydroxylation is 1. The fourth-order valence-corrected chi connectivity index (χ4v) is 2.88. The molecule has 0 saturated carbocycles. The predicted octanol–water partition coefficient (Wildman–Crippen LogP) is 2.92. The third kappa shape index (κ3) is 3.44. The molecule has 0 saturated heterocycles. The molecular weight excluding hydrogens is 292 g/mol. The molecule has 1 aliphatic carbocycles. The van der Waals surface area contributed by atoms with E-state index in [1.54, 1.807) is 19.1 Å². The van der Waals surface area contributed by atoms with E-state index in [2.05, 4.69) is 16.7 Å². The highest BCUT2D eigenvalue weighted by Gasteiger charge is 2.20. The first-order valence-corrected chi connectivity index (χ1v) is 7.91. The Bertz CT molecular complexity index is 707. The Hall–Kier alpha value is -2.56. The normalized spacial score (nSPS) is 14.7. The highest BCUT2D eigenvalue weighted by molar-refractivity contribution is 6.00. The number of anilines is 1. The van der Waals surface area contributed by atoms with Gasteiger partial charge in [0.1, 0.15) is 6.04 Å². The van der Waals surface area contributed by atoms with Gasteiger partial charge in [0.2, 0.25) is 5.91 Å². The molecule has 120 valence electrons. The van der Waals surface area contributed by atoms with Crippen molar-refractivity contribution in [3.05, 3.63) is 53.5 Å². The second-order valence-corrected chi connectivity index (χ2v) is 5.81. The smallest absolute Gasteiger partial charge is 0.287 e. The van der Waals surface area contributed by atoms with E-state index < -0.39 is 11.9 Å². The van der Waals surface area contributed by atoms with E-state index in [0.717, 1.165) is 24.9 Å². The molecule has 1 aromatic heterocycles. The summed E-state index contributed by atoms with van der Waals surface area (Å²) in [5, 5.41) is 5.57. The zero-order valence-corrected chi connectivity index (χ0v) is 13.1. The van der Waals surface area contributed by atoms with Crippen molar-refractivity contribution in [2.75, 3.05) is 5.32 Å². The van der Waals surface area contributed by atoms with Gasteiger partial charge in [0.15, 0.2) is 5.76 Å². The molecule has 1 aromatic carbocycles. The predicted molar refractivity (Wildman–Crippen MR) is 87.3 cm³/mol. The highest BCUT2D eigenvalue weighted by Crippen LogP contribution is 2.27. The van der Waals surface area contributed by atoms with Crippen molar-refractivity contribution in [2.45, 2.75) is 38.6 Å². The van der Waals surface area contributed by atoms with Crippen LogP contribution in [-0.4, -0.2) is 17.9 Å². The fraction of sp³-hybridized carbons (Fsp3) is 0.333. The van der Waals surface area contributed by atoms with Crippen molar-refractivity contribution in [3.63, 3.8) is 0 Å². The lowest BCUT2D eigenvalue weighted by Gasteiger charge is -2.21. The molecule has 3 rings (SSSR count). The minimum Gasteiger partial charge on any atom is -0.459 e. The minimum atomic E-state index is -0.646. The molecule has 1 unspecified atom stereocenters. The van der Waals surface area contributed by atoms with Crippen LogP contribution in [0.5, 0.6) is 0 Å². The maximum absolute atomic E-state index is 12.3. The number of hydrogen-bond donors (Lipinski definition) is 2. The number of nitrogens with one attached hydrogen (secondary N) is 2. The van der Waals surface area contributed by atoms with Crippen molar-refractivity contribution in [1.82, 2.24) is 5.32 Å². The number of rotatable bonds is 4. The standard InChI is InChI=1S/C18H20N2O3/c1-12(19-18(22)16-10-5-11-23-16)17(21)20-15-9-4-7-13-6-2-3-8-14(13)15/h4-5,7,9-12H,2-3,6,8H2,1H3,(H,19,22)(H,20,21). The summed E-state index contributed by atoms with van der Waals surface area (Å²) < 4.78 is 5.02. The van der Waals surface area contributed by atoms with Gasteiger partial charge in [0.05, 0.1) is 6.26 Å². The van der Waals surface area contributed by atoms with Crippen molar-refractivity contribution in [1.29, 1.82) is 0 Å². The Morgan fingerprint density at radius 1 is 1.13 bits per heavy atom. The summed E-state index contributed by atoms with van der Waals surface area (Å²) in [5.74, 6) is -0.432. The number of amides is 2. The molecular formula is C18H20N2O3. The number of hydrogen-bond acceptors (Lipinski definition) is 3. The zero-order chi connectivity index (χ0) is 16.2. The summed E-state index contributed by atoms with van der Waals surface area (Å²) in [7, 11) is 0. The molecule has 5 nitrogen and oxygen atoms in total. The number of fused-ring (bicyclic) bond motifs is 1. The van der Waals surface area contributed by atoms with Crippen LogP contribution in [0.4, 0.5) is 5.69 Å². The lowest BCUT2D eigenvalue weighted by atomic mass is 9.90. The van der Waals surface area contributed by atoms with Crippen LogP contribution in [-0.2, 0) is 17.6 Å². The summed E-state index contributed by atoms with van der Waals surface area (Å²) in [5.41, 5.74) is 3.38. The van der Waals surface area contributed by atoms with Crippen LogP contribution in [0.25, 0.3) is 0 Å². The van der Waals surface area contributed by atoms with Gasteiger partial charge in [-0.2, -0.15) is 0 Å². The van der Waals surface area contributed by atoms with E-state index in [0.29, 0.717) is 0 Å². The van der Waals surface area contributed by atoms with Gasteiger partial charge >= 0.3 is 0 Å². The average Bonchev–Trinajstić information content (AvgIpc) is 3.09. The van der Waals surface area contributed by atoms with Crippen LogP contribution < -0.4 is 10.6 Å². The molecule has 0 aliphatic heterocycles. The summed E-state index contributed by atoms with van der Waals surface area (Å²) >= 11 is 0. The van der Waals surface area contributed by atoms with E-state index in [9.17, 15) is 9.59 Å². The maximum atomic E-state index is 12.3. The summed E-state index contributed by atoms with van der Waals surface area (Å²) in [6.45, 7) is 1.66. The molecule has 1 heterocycles. The second-order valence-electron chi connectivity index (χ2n) is 5.81. The largest absolute Gasteiger partial charge is 0.459 e. The third-order valence-electron chi connectivity index (χ3n) is 4.14. The van der Waals surface area contributed by atoms with Crippen LogP contribution in [0.2, 0.25) is 0 Å².